The highest BCUT2D eigenvalue weighted by molar-refractivity contribution is 5.78. The van der Waals surface area contributed by atoms with Crippen LogP contribution in [0.4, 0.5) is 0 Å². The lowest BCUT2D eigenvalue weighted by Crippen LogP contribution is -2.36. The summed E-state index contributed by atoms with van der Waals surface area (Å²) in [4.78, 5) is 14.0. The summed E-state index contributed by atoms with van der Waals surface area (Å²) in [5.41, 5.74) is 8.26. The van der Waals surface area contributed by atoms with E-state index in [1.54, 1.807) is 0 Å². The third-order valence-corrected chi connectivity index (χ3v) is 3.83. The molecule has 1 aromatic rings. The predicted octanol–water partition coefficient (Wildman–Crippen LogP) is 1.73. The van der Waals surface area contributed by atoms with Crippen LogP contribution < -0.4 is 5.73 Å². The maximum Gasteiger partial charge on any atom is 0.226 e. The molecule has 3 heteroatoms. The van der Waals surface area contributed by atoms with Crippen LogP contribution in [0.3, 0.4) is 0 Å². The van der Waals surface area contributed by atoms with Crippen molar-refractivity contribution in [3.05, 3.63) is 35.4 Å². The number of amides is 1. The highest BCUT2D eigenvalue weighted by Crippen LogP contribution is 2.44. The molecule has 1 aliphatic carbocycles. The van der Waals surface area contributed by atoms with Crippen molar-refractivity contribution in [1.82, 2.24) is 4.90 Å². The quantitative estimate of drug-likeness (QED) is 0.860. The average molecular weight is 246 g/mol. The molecule has 0 heterocycles. The Kier molecular flexibility index (Phi) is 3.71. The Labute approximate surface area is 109 Å². The van der Waals surface area contributed by atoms with Crippen LogP contribution in [0.15, 0.2) is 24.3 Å². The first-order valence-electron chi connectivity index (χ1n) is 6.54. The Morgan fingerprint density at radius 1 is 1.44 bits per heavy atom. The molecule has 1 saturated carbocycles. The highest BCUT2D eigenvalue weighted by atomic mass is 16.2. The molecule has 0 aromatic heterocycles. The van der Waals surface area contributed by atoms with E-state index < -0.39 is 0 Å². The van der Waals surface area contributed by atoms with Gasteiger partial charge < -0.3 is 10.6 Å². The van der Waals surface area contributed by atoms with Crippen molar-refractivity contribution in [2.24, 2.45) is 11.1 Å². The molecular weight excluding hydrogens is 224 g/mol. The van der Waals surface area contributed by atoms with E-state index in [-0.39, 0.29) is 11.3 Å². The van der Waals surface area contributed by atoms with E-state index in [2.05, 4.69) is 6.07 Å². The average Bonchev–Trinajstić information content (AvgIpc) is 3.09. The Bertz CT molecular complexity index is 438. The van der Waals surface area contributed by atoms with E-state index in [4.69, 9.17) is 5.73 Å². The molecular formula is C15H22N2O. The summed E-state index contributed by atoms with van der Waals surface area (Å²) in [6.45, 7) is 3.54. The van der Waals surface area contributed by atoms with Gasteiger partial charge in [0.1, 0.15) is 0 Å². The third-order valence-electron chi connectivity index (χ3n) is 3.83. The van der Waals surface area contributed by atoms with E-state index in [1.165, 1.54) is 5.56 Å². The van der Waals surface area contributed by atoms with Crippen molar-refractivity contribution in [2.45, 2.75) is 26.2 Å². The van der Waals surface area contributed by atoms with Crippen molar-refractivity contribution in [1.29, 1.82) is 0 Å². The summed E-state index contributed by atoms with van der Waals surface area (Å²) in [6.07, 6.45) is 2.80. The van der Waals surface area contributed by atoms with Gasteiger partial charge in [0.25, 0.3) is 0 Å². The van der Waals surface area contributed by atoms with Crippen LogP contribution in [0.1, 0.15) is 24.0 Å². The fourth-order valence-corrected chi connectivity index (χ4v) is 2.33. The Hall–Kier alpha value is -1.35. The molecule has 0 bridgehead atoms. The first kappa shape index (κ1) is 13.1. The van der Waals surface area contributed by atoms with Crippen LogP contribution in [0.5, 0.6) is 0 Å². The summed E-state index contributed by atoms with van der Waals surface area (Å²) in [5.74, 6) is 0.181. The van der Waals surface area contributed by atoms with Crippen molar-refractivity contribution < 1.29 is 4.79 Å². The smallest absolute Gasteiger partial charge is 0.226 e. The maximum atomic E-state index is 12.1. The molecule has 0 radical (unpaired) electrons. The number of carbonyl (C=O) groups is 1. The summed E-state index contributed by atoms with van der Waals surface area (Å²) in [6, 6.07) is 8.13. The first-order valence-corrected chi connectivity index (χ1v) is 6.54. The van der Waals surface area contributed by atoms with Crippen molar-refractivity contribution in [2.75, 3.05) is 20.1 Å². The minimum absolute atomic E-state index is 0.181. The summed E-state index contributed by atoms with van der Waals surface area (Å²) >= 11 is 0. The second-order valence-corrected chi connectivity index (χ2v) is 5.62. The molecule has 0 unspecified atom stereocenters. The van der Waals surface area contributed by atoms with Crippen LogP contribution in [0.25, 0.3) is 0 Å². The molecule has 1 aromatic carbocycles. The number of nitrogens with zero attached hydrogens (tertiary/aromatic N) is 1. The molecule has 2 N–H and O–H groups in total. The molecule has 0 spiro atoms. The number of hydrogen-bond acceptors (Lipinski definition) is 2. The molecule has 0 atom stereocenters. The Morgan fingerprint density at radius 3 is 2.72 bits per heavy atom. The van der Waals surface area contributed by atoms with Crippen LogP contribution in [0.2, 0.25) is 0 Å². The summed E-state index contributed by atoms with van der Waals surface area (Å²) in [7, 11) is 1.88. The molecule has 3 nitrogen and oxygen atoms in total. The number of aryl methyl sites for hydroxylation is 1. The van der Waals surface area contributed by atoms with Gasteiger partial charge in [0.05, 0.1) is 6.42 Å². The van der Waals surface area contributed by atoms with Gasteiger partial charge in [0.15, 0.2) is 0 Å². The van der Waals surface area contributed by atoms with Gasteiger partial charge in [0, 0.05) is 19.0 Å². The molecule has 18 heavy (non-hydrogen) atoms. The van der Waals surface area contributed by atoms with E-state index in [0.717, 1.165) is 24.9 Å². The van der Waals surface area contributed by atoms with E-state index in [1.807, 2.05) is 37.1 Å². The second kappa shape index (κ2) is 5.11. The fourth-order valence-electron chi connectivity index (χ4n) is 2.33. The van der Waals surface area contributed by atoms with Crippen LogP contribution in [0, 0.1) is 12.3 Å². The van der Waals surface area contributed by atoms with Crippen LogP contribution in [-0.2, 0) is 11.2 Å². The Balaban J connectivity index is 1.91. The highest BCUT2D eigenvalue weighted by Gasteiger charge is 2.42. The zero-order valence-electron chi connectivity index (χ0n) is 11.3. The summed E-state index contributed by atoms with van der Waals surface area (Å²) < 4.78 is 0. The van der Waals surface area contributed by atoms with Gasteiger partial charge in [-0.25, -0.2) is 0 Å². The lowest BCUT2D eigenvalue weighted by atomic mass is 10.1. The maximum absolute atomic E-state index is 12.1. The zero-order valence-corrected chi connectivity index (χ0v) is 11.3. The number of hydrogen-bond donors (Lipinski definition) is 1. The van der Waals surface area contributed by atoms with Gasteiger partial charge in [-0.3, -0.25) is 4.79 Å². The van der Waals surface area contributed by atoms with Crippen molar-refractivity contribution in [3.8, 4) is 0 Å². The minimum atomic E-state index is 0.181. The molecule has 1 aliphatic rings. The number of likely N-dealkylation sites (N-methyl/N-ethyl adjacent to an activating group) is 1. The van der Waals surface area contributed by atoms with Gasteiger partial charge in [-0.2, -0.15) is 0 Å². The second-order valence-electron chi connectivity index (χ2n) is 5.62. The van der Waals surface area contributed by atoms with E-state index in [9.17, 15) is 4.79 Å². The summed E-state index contributed by atoms with van der Waals surface area (Å²) in [5, 5.41) is 0. The van der Waals surface area contributed by atoms with Gasteiger partial charge in [-0.05, 0) is 31.9 Å². The van der Waals surface area contributed by atoms with Gasteiger partial charge in [-0.1, -0.05) is 29.8 Å². The van der Waals surface area contributed by atoms with Crippen molar-refractivity contribution in [3.63, 3.8) is 0 Å². The van der Waals surface area contributed by atoms with E-state index >= 15 is 0 Å². The fraction of sp³-hybridized carbons (Fsp3) is 0.533. The van der Waals surface area contributed by atoms with E-state index in [0.29, 0.717) is 13.0 Å². The van der Waals surface area contributed by atoms with Gasteiger partial charge in [0.2, 0.25) is 5.91 Å². The lowest BCUT2D eigenvalue weighted by molar-refractivity contribution is -0.129. The van der Waals surface area contributed by atoms with Crippen molar-refractivity contribution >= 4 is 5.91 Å². The number of nitrogens with two attached hydrogens (primary N) is 1. The first-order chi connectivity index (χ1) is 8.54. The standard InChI is InChI=1S/C15H22N2O/c1-12-4-3-5-13(8-12)9-14(18)17(2)11-15(10-16)6-7-15/h3-5,8H,6-7,9-11,16H2,1-2H3. The largest absolute Gasteiger partial charge is 0.345 e. The molecule has 0 saturated heterocycles. The number of rotatable bonds is 5. The molecule has 1 fully saturated rings. The van der Waals surface area contributed by atoms with Crippen LogP contribution >= 0.6 is 0 Å². The lowest BCUT2D eigenvalue weighted by Gasteiger charge is -2.23. The Morgan fingerprint density at radius 2 is 2.17 bits per heavy atom. The van der Waals surface area contributed by atoms with Gasteiger partial charge >= 0.3 is 0 Å². The normalized spacial score (nSPS) is 16.4. The zero-order chi connectivity index (χ0) is 13.2. The van der Waals surface area contributed by atoms with Crippen LogP contribution in [-0.4, -0.2) is 30.9 Å². The molecule has 0 aliphatic heterocycles. The monoisotopic (exact) mass is 246 g/mol. The number of benzene rings is 1. The van der Waals surface area contributed by atoms with Gasteiger partial charge in [-0.15, -0.1) is 0 Å². The minimum Gasteiger partial charge on any atom is -0.345 e. The number of carbonyl (C=O) groups excluding carboxylic acids is 1. The third kappa shape index (κ3) is 3.10. The molecule has 2 rings (SSSR count). The SMILES string of the molecule is Cc1cccc(CC(=O)N(C)CC2(CN)CC2)c1. The molecule has 1 amide bonds. The topological polar surface area (TPSA) is 46.3 Å². The molecule has 98 valence electrons. The predicted molar refractivity (Wildman–Crippen MR) is 73.2 cm³/mol.